The molecular weight excluding hydrogens is 225 g/mol. The molecule has 76 valence electrons. The Morgan fingerprint density at radius 3 is 2.71 bits per heavy atom. The Labute approximate surface area is 92.0 Å². The van der Waals surface area contributed by atoms with Gasteiger partial charge in [0.2, 0.25) is 0 Å². The molecule has 3 nitrogen and oxygen atoms in total. The molecule has 0 radical (unpaired) electrons. The minimum absolute atomic E-state index is 0.123. The number of pyridine rings is 1. The highest BCUT2D eigenvalue weighted by molar-refractivity contribution is 6.34. The first-order valence-electron chi connectivity index (χ1n) is 4.03. The van der Waals surface area contributed by atoms with Crippen LogP contribution in [0.15, 0.2) is 6.07 Å². The van der Waals surface area contributed by atoms with E-state index in [0.717, 1.165) is 0 Å². The predicted molar refractivity (Wildman–Crippen MR) is 55.0 cm³/mol. The van der Waals surface area contributed by atoms with Crippen LogP contribution in [0.1, 0.15) is 23.0 Å². The van der Waals surface area contributed by atoms with Gasteiger partial charge in [-0.3, -0.25) is 0 Å². The van der Waals surface area contributed by atoms with Gasteiger partial charge in [0.15, 0.2) is 0 Å². The van der Waals surface area contributed by atoms with Crippen molar-refractivity contribution in [2.75, 3.05) is 7.11 Å². The van der Waals surface area contributed by atoms with E-state index in [2.05, 4.69) is 9.72 Å². The third-order valence-corrected chi connectivity index (χ3v) is 2.36. The van der Waals surface area contributed by atoms with E-state index in [4.69, 9.17) is 23.2 Å². The molecule has 0 aliphatic heterocycles. The number of hydrogen-bond acceptors (Lipinski definition) is 3. The molecule has 0 bridgehead atoms. The molecule has 5 heteroatoms. The average molecular weight is 234 g/mol. The Kier molecular flexibility index (Phi) is 3.72. The summed E-state index contributed by atoms with van der Waals surface area (Å²) in [5, 5.41) is 0.551. The summed E-state index contributed by atoms with van der Waals surface area (Å²) in [6.45, 7) is 1.91. The molecule has 14 heavy (non-hydrogen) atoms. The van der Waals surface area contributed by atoms with Gasteiger partial charge in [-0.25, -0.2) is 9.78 Å². The van der Waals surface area contributed by atoms with Gasteiger partial charge in [-0.2, -0.15) is 0 Å². The van der Waals surface area contributed by atoms with Crippen LogP contribution in [0.4, 0.5) is 0 Å². The fourth-order valence-electron chi connectivity index (χ4n) is 1.00. The summed E-state index contributed by atoms with van der Waals surface area (Å²) in [6, 6.07) is 1.47. The first kappa shape index (κ1) is 11.3. The molecule has 0 spiro atoms. The van der Waals surface area contributed by atoms with Crippen molar-refractivity contribution in [2.45, 2.75) is 13.3 Å². The molecular formula is C9H9Cl2NO2. The minimum Gasteiger partial charge on any atom is -0.465 e. The summed E-state index contributed by atoms with van der Waals surface area (Å²) >= 11 is 11.7. The largest absolute Gasteiger partial charge is 0.465 e. The Morgan fingerprint density at radius 2 is 2.21 bits per heavy atom. The molecule has 1 aromatic rings. The van der Waals surface area contributed by atoms with Crippen LogP contribution in [0, 0.1) is 0 Å². The Balaban J connectivity index is 3.21. The molecule has 0 aromatic carbocycles. The number of carbonyl (C=O) groups excluding carboxylic acids is 1. The SMILES string of the molecule is CCc1nc(Cl)c(C(=O)OC)cc1Cl. The van der Waals surface area contributed by atoms with Crippen LogP contribution >= 0.6 is 23.2 Å². The number of hydrogen-bond donors (Lipinski definition) is 0. The number of esters is 1. The van der Waals surface area contributed by atoms with Crippen molar-refractivity contribution in [1.82, 2.24) is 4.98 Å². The number of ether oxygens (including phenoxy) is 1. The van der Waals surface area contributed by atoms with E-state index < -0.39 is 5.97 Å². The number of rotatable bonds is 2. The van der Waals surface area contributed by atoms with Gasteiger partial charge in [0.1, 0.15) is 5.15 Å². The van der Waals surface area contributed by atoms with Crippen molar-refractivity contribution in [3.8, 4) is 0 Å². The van der Waals surface area contributed by atoms with Crippen LogP contribution in [0.25, 0.3) is 0 Å². The zero-order valence-electron chi connectivity index (χ0n) is 7.80. The summed E-state index contributed by atoms with van der Waals surface area (Å²) in [5.74, 6) is -0.535. The van der Waals surface area contributed by atoms with Crippen molar-refractivity contribution >= 4 is 29.2 Å². The van der Waals surface area contributed by atoms with Crippen LogP contribution in [-0.4, -0.2) is 18.1 Å². The fourth-order valence-corrected chi connectivity index (χ4v) is 1.52. The van der Waals surface area contributed by atoms with E-state index in [0.29, 0.717) is 17.1 Å². The second-order valence-electron chi connectivity index (χ2n) is 2.60. The van der Waals surface area contributed by atoms with E-state index >= 15 is 0 Å². The van der Waals surface area contributed by atoms with E-state index in [-0.39, 0.29) is 10.7 Å². The molecule has 0 aliphatic rings. The van der Waals surface area contributed by atoms with Gasteiger partial charge in [-0.05, 0) is 12.5 Å². The summed E-state index contributed by atoms with van der Waals surface area (Å²) in [4.78, 5) is 15.2. The van der Waals surface area contributed by atoms with E-state index in [1.807, 2.05) is 6.92 Å². The Morgan fingerprint density at radius 1 is 1.57 bits per heavy atom. The highest BCUT2D eigenvalue weighted by Crippen LogP contribution is 2.22. The van der Waals surface area contributed by atoms with Crippen molar-refractivity contribution in [3.05, 3.63) is 27.5 Å². The van der Waals surface area contributed by atoms with Crippen molar-refractivity contribution < 1.29 is 9.53 Å². The molecule has 0 saturated carbocycles. The van der Waals surface area contributed by atoms with Gasteiger partial charge in [0.25, 0.3) is 0 Å². The van der Waals surface area contributed by atoms with Crippen LogP contribution in [-0.2, 0) is 11.2 Å². The highest BCUT2D eigenvalue weighted by Gasteiger charge is 2.14. The van der Waals surface area contributed by atoms with Gasteiger partial charge in [-0.15, -0.1) is 0 Å². The highest BCUT2D eigenvalue weighted by atomic mass is 35.5. The number of aromatic nitrogens is 1. The maximum absolute atomic E-state index is 11.2. The standard InChI is InChI=1S/C9H9Cl2NO2/c1-3-7-6(10)4-5(8(11)12-7)9(13)14-2/h4H,3H2,1-2H3. The molecule has 0 aliphatic carbocycles. The van der Waals surface area contributed by atoms with Crippen molar-refractivity contribution in [2.24, 2.45) is 0 Å². The lowest BCUT2D eigenvalue weighted by Gasteiger charge is -2.05. The van der Waals surface area contributed by atoms with E-state index in [1.54, 1.807) is 0 Å². The second-order valence-corrected chi connectivity index (χ2v) is 3.37. The molecule has 0 saturated heterocycles. The first-order chi connectivity index (χ1) is 6.60. The van der Waals surface area contributed by atoms with Gasteiger partial charge in [0.05, 0.1) is 23.4 Å². The summed E-state index contributed by atoms with van der Waals surface area (Å²) in [5.41, 5.74) is 0.862. The molecule has 0 atom stereocenters. The van der Waals surface area contributed by atoms with Gasteiger partial charge >= 0.3 is 5.97 Å². The maximum atomic E-state index is 11.2. The minimum atomic E-state index is -0.535. The molecule has 0 amide bonds. The number of halogens is 2. The number of aryl methyl sites for hydroxylation is 1. The van der Waals surface area contributed by atoms with Crippen molar-refractivity contribution in [3.63, 3.8) is 0 Å². The summed E-state index contributed by atoms with van der Waals surface area (Å²) in [7, 11) is 1.28. The van der Waals surface area contributed by atoms with Crippen LogP contribution < -0.4 is 0 Å². The monoisotopic (exact) mass is 233 g/mol. The summed E-state index contributed by atoms with van der Waals surface area (Å²) < 4.78 is 4.52. The lowest BCUT2D eigenvalue weighted by molar-refractivity contribution is 0.0600. The van der Waals surface area contributed by atoms with Gasteiger partial charge in [-0.1, -0.05) is 30.1 Å². The van der Waals surface area contributed by atoms with Crippen LogP contribution in [0.2, 0.25) is 10.2 Å². The van der Waals surface area contributed by atoms with Crippen LogP contribution in [0.3, 0.4) is 0 Å². The van der Waals surface area contributed by atoms with Gasteiger partial charge in [0, 0.05) is 0 Å². The van der Waals surface area contributed by atoms with Crippen LogP contribution in [0.5, 0.6) is 0 Å². The number of methoxy groups -OCH3 is 1. The first-order valence-corrected chi connectivity index (χ1v) is 4.79. The molecule has 0 unspecified atom stereocenters. The quantitative estimate of drug-likeness (QED) is 0.583. The Bertz CT molecular complexity index is 366. The normalized spacial score (nSPS) is 10.0. The van der Waals surface area contributed by atoms with E-state index in [1.165, 1.54) is 13.2 Å². The molecule has 1 aromatic heterocycles. The zero-order valence-corrected chi connectivity index (χ0v) is 9.32. The Hall–Kier alpha value is -0.800. The third kappa shape index (κ3) is 2.16. The molecule has 0 fully saturated rings. The molecule has 0 N–H and O–H groups in total. The lowest BCUT2D eigenvalue weighted by Crippen LogP contribution is -2.05. The van der Waals surface area contributed by atoms with Gasteiger partial charge < -0.3 is 4.74 Å². The third-order valence-electron chi connectivity index (χ3n) is 1.74. The average Bonchev–Trinajstić information content (AvgIpc) is 2.19. The molecule has 1 heterocycles. The number of carbonyl (C=O) groups is 1. The predicted octanol–water partition coefficient (Wildman–Crippen LogP) is 2.74. The second kappa shape index (κ2) is 4.62. The smallest absolute Gasteiger partial charge is 0.341 e. The maximum Gasteiger partial charge on any atom is 0.341 e. The lowest BCUT2D eigenvalue weighted by atomic mass is 10.2. The number of nitrogens with zero attached hydrogens (tertiary/aromatic N) is 1. The molecule has 1 rings (SSSR count). The van der Waals surface area contributed by atoms with Crippen molar-refractivity contribution in [1.29, 1.82) is 0 Å². The fraction of sp³-hybridized carbons (Fsp3) is 0.333. The van der Waals surface area contributed by atoms with E-state index in [9.17, 15) is 4.79 Å². The summed E-state index contributed by atoms with van der Waals surface area (Å²) in [6.07, 6.45) is 0.667. The zero-order chi connectivity index (χ0) is 10.7. The topological polar surface area (TPSA) is 39.2 Å².